The van der Waals surface area contributed by atoms with Crippen LogP contribution in [0.4, 0.5) is 4.79 Å². The van der Waals surface area contributed by atoms with Gasteiger partial charge in [0.05, 0.1) is 18.6 Å². The predicted molar refractivity (Wildman–Crippen MR) is 73.1 cm³/mol. The fraction of sp³-hybridized carbons (Fsp3) is 0.857. The topological polar surface area (TPSA) is 84.9 Å². The molecule has 0 aliphatic heterocycles. The molecule has 0 aromatic carbocycles. The molecule has 1 aliphatic rings. The summed E-state index contributed by atoms with van der Waals surface area (Å²) in [5, 5.41) is 12.4. The highest BCUT2D eigenvalue weighted by atomic mass is 16.6. The van der Waals surface area contributed by atoms with Crippen molar-refractivity contribution in [3.63, 3.8) is 0 Å². The number of carbonyl (C=O) groups is 2. The molecule has 0 spiro atoms. The second-order valence-corrected chi connectivity index (χ2v) is 6.08. The van der Waals surface area contributed by atoms with Crippen molar-refractivity contribution >= 4 is 12.1 Å². The molecular weight excluding hydrogens is 262 g/mol. The van der Waals surface area contributed by atoms with Gasteiger partial charge in [0, 0.05) is 6.04 Å². The van der Waals surface area contributed by atoms with Crippen molar-refractivity contribution in [3.8, 4) is 0 Å². The van der Waals surface area contributed by atoms with E-state index in [1.54, 1.807) is 27.7 Å². The highest BCUT2D eigenvalue weighted by Gasteiger charge is 2.37. The number of rotatable bonds is 3. The minimum atomic E-state index is -0.600. The summed E-state index contributed by atoms with van der Waals surface area (Å²) in [7, 11) is 0. The molecule has 1 amide bonds. The zero-order chi connectivity index (χ0) is 15.3. The third-order valence-electron chi connectivity index (χ3n) is 3.11. The Hall–Kier alpha value is -1.30. The fourth-order valence-corrected chi connectivity index (χ4v) is 2.30. The largest absolute Gasteiger partial charge is 0.466 e. The van der Waals surface area contributed by atoms with E-state index >= 15 is 0 Å². The Labute approximate surface area is 119 Å². The van der Waals surface area contributed by atoms with E-state index in [1.165, 1.54) is 0 Å². The first-order chi connectivity index (χ1) is 9.23. The maximum absolute atomic E-state index is 11.9. The van der Waals surface area contributed by atoms with Crippen molar-refractivity contribution in [2.75, 3.05) is 6.61 Å². The summed E-state index contributed by atoms with van der Waals surface area (Å²) in [4.78, 5) is 23.7. The second kappa shape index (κ2) is 6.92. The van der Waals surface area contributed by atoms with Gasteiger partial charge in [-0.05, 0) is 47.0 Å². The van der Waals surface area contributed by atoms with Crippen LogP contribution in [0.5, 0.6) is 0 Å². The molecule has 1 fully saturated rings. The van der Waals surface area contributed by atoms with Gasteiger partial charge in [0.1, 0.15) is 5.60 Å². The van der Waals surface area contributed by atoms with Gasteiger partial charge < -0.3 is 19.9 Å². The van der Waals surface area contributed by atoms with E-state index in [0.717, 1.165) is 0 Å². The number of aliphatic hydroxyl groups is 1. The van der Waals surface area contributed by atoms with E-state index in [2.05, 4.69) is 5.32 Å². The van der Waals surface area contributed by atoms with Crippen molar-refractivity contribution in [1.82, 2.24) is 5.32 Å². The molecule has 116 valence electrons. The molecule has 6 nitrogen and oxygen atoms in total. The normalized spacial score (nSPS) is 26.8. The highest BCUT2D eigenvalue weighted by molar-refractivity contribution is 5.75. The van der Waals surface area contributed by atoms with Gasteiger partial charge in [-0.3, -0.25) is 4.79 Å². The summed E-state index contributed by atoms with van der Waals surface area (Å²) < 4.78 is 10.2. The van der Waals surface area contributed by atoms with Gasteiger partial charge in [0.2, 0.25) is 0 Å². The van der Waals surface area contributed by atoms with Gasteiger partial charge in [-0.1, -0.05) is 0 Å². The van der Waals surface area contributed by atoms with Crippen LogP contribution in [0.1, 0.15) is 47.0 Å². The molecule has 3 atom stereocenters. The molecule has 6 heteroatoms. The van der Waals surface area contributed by atoms with E-state index in [-0.39, 0.29) is 5.97 Å². The molecule has 0 aromatic rings. The first-order valence-electron chi connectivity index (χ1n) is 7.07. The molecule has 0 aromatic heterocycles. The highest BCUT2D eigenvalue weighted by Crippen LogP contribution is 2.26. The Morgan fingerprint density at radius 3 is 2.50 bits per heavy atom. The number of nitrogens with one attached hydrogen (secondary N) is 1. The molecule has 0 saturated heterocycles. The van der Waals surface area contributed by atoms with Gasteiger partial charge in [-0.15, -0.1) is 0 Å². The van der Waals surface area contributed by atoms with Crippen LogP contribution in [0.2, 0.25) is 0 Å². The molecule has 0 bridgehead atoms. The first-order valence-corrected chi connectivity index (χ1v) is 7.07. The third kappa shape index (κ3) is 5.36. The van der Waals surface area contributed by atoms with Crippen LogP contribution in [-0.4, -0.2) is 41.5 Å². The lowest BCUT2D eigenvalue weighted by Crippen LogP contribution is -2.49. The molecular formula is C14H25NO5. The van der Waals surface area contributed by atoms with Gasteiger partial charge >= 0.3 is 12.1 Å². The van der Waals surface area contributed by atoms with Crippen LogP contribution >= 0.6 is 0 Å². The van der Waals surface area contributed by atoms with Gasteiger partial charge in [-0.25, -0.2) is 4.79 Å². The average Bonchev–Trinajstić information content (AvgIpc) is 2.26. The van der Waals surface area contributed by atoms with Crippen LogP contribution in [0.25, 0.3) is 0 Å². The lowest BCUT2D eigenvalue weighted by molar-refractivity contribution is -0.150. The lowest BCUT2D eigenvalue weighted by Gasteiger charge is -2.33. The summed E-state index contributed by atoms with van der Waals surface area (Å²) in [6.45, 7) is 7.35. The van der Waals surface area contributed by atoms with Crippen molar-refractivity contribution in [2.24, 2.45) is 5.92 Å². The smallest absolute Gasteiger partial charge is 0.407 e. The third-order valence-corrected chi connectivity index (χ3v) is 3.11. The molecule has 0 unspecified atom stereocenters. The fourth-order valence-electron chi connectivity index (χ4n) is 2.30. The van der Waals surface area contributed by atoms with Gasteiger partial charge in [0.25, 0.3) is 0 Å². The molecule has 1 aliphatic carbocycles. The second-order valence-electron chi connectivity index (χ2n) is 6.08. The maximum atomic E-state index is 11.9. The Balaban J connectivity index is 2.65. The van der Waals surface area contributed by atoms with E-state index in [9.17, 15) is 14.7 Å². The standard InChI is InChI=1S/C14H25NO5/c1-5-19-12(17)10-7-6-9(16)8-11(10)15-13(18)20-14(2,3)4/h9-11,16H,5-8H2,1-4H3,(H,15,18)/t9-,10-,11-/m0/s1. The first kappa shape index (κ1) is 16.8. The number of ether oxygens (including phenoxy) is 2. The Morgan fingerprint density at radius 1 is 1.30 bits per heavy atom. The monoisotopic (exact) mass is 287 g/mol. The van der Waals surface area contributed by atoms with E-state index in [1.807, 2.05) is 0 Å². The van der Waals surface area contributed by atoms with Crippen LogP contribution in [0, 0.1) is 5.92 Å². The summed E-state index contributed by atoms with van der Waals surface area (Å²) in [5.41, 5.74) is -0.600. The zero-order valence-corrected chi connectivity index (χ0v) is 12.6. The number of aliphatic hydroxyl groups excluding tert-OH is 1. The maximum Gasteiger partial charge on any atom is 0.407 e. The molecule has 2 N–H and O–H groups in total. The lowest BCUT2D eigenvalue weighted by atomic mass is 9.83. The quantitative estimate of drug-likeness (QED) is 0.770. The van der Waals surface area contributed by atoms with Crippen LogP contribution < -0.4 is 5.32 Å². The molecule has 1 saturated carbocycles. The molecule has 0 radical (unpaired) electrons. The minimum Gasteiger partial charge on any atom is -0.466 e. The van der Waals surface area contributed by atoms with Crippen molar-refractivity contribution in [3.05, 3.63) is 0 Å². The van der Waals surface area contributed by atoms with E-state index < -0.39 is 29.8 Å². The Kier molecular flexibility index (Phi) is 5.80. The number of hydrogen-bond acceptors (Lipinski definition) is 5. The number of hydrogen-bond donors (Lipinski definition) is 2. The van der Waals surface area contributed by atoms with Crippen molar-refractivity contribution in [2.45, 2.75) is 64.7 Å². The summed E-state index contributed by atoms with van der Waals surface area (Å²) in [5.74, 6) is -0.758. The number of alkyl carbamates (subject to hydrolysis) is 1. The zero-order valence-electron chi connectivity index (χ0n) is 12.6. The van der Waals surface area contributed by atoms with E-state index in [0.29, 0.717) is 25.9 Å². The van der Waals surface area contributed by atoms with Crippen LogP contribution in [0.15, 0.2) is 0 Å². The van der Waals surface area contributed by atoms with Crippen LogP contribution in [-0.2, 0) is 14.3 Å². The Bertz CT molecular complexity index is 350. The van der Waals surface area contributed by atoms with Crippen molar-refractivity contribution < 1.29 is 24.2 Å². The number of carbonyl (C=O) groups excluding carboxylic acids is 2. The van der Waals surface area contributed by atoms with Gasteiger partial charge in [0.15, 0.2) is 0 Å². The van der Waals surface area contributed by atoms with Crippen LogP contribution in [0.3, 0.4) is 0 Å². The average molecular weight is 287 g/mol. The van der Waals surface area contributed by atoms with Crippen molar-refractivity contribution in [1.29, 1.82) is 0 Å². The molecule has 1 rings (SSSR count). The summed E-state index contributed by atoms with van der Waals surface area (Å²) >= 11 is 0. The summed E-state index contributed by atoms with van der Waals surface area (Å²) in [6, 6.07) is -0.451. The number of amides is 1. The molecule has 20 heavy (non-hydrogen) atoms. The minimum absolute atomic E-state index is 0.303. The Morgan fingerprint density at radius 2 is 1.95 bits per heavy atom. The molecule has 0 heterocycles. The summed E-state index contributed by atoms with van der Waals surface area (Å²) in [6.07, 6.45) is 0.283. The van der Waals surface area contributed by atoms with E-state index in [4.69, 9.17) is 9.47 Å². The number of esters is 1. The SMILES string of the molecule is CCOC(=O)[C@H]1CC[C@H](O)C[C@@H]1NC(=O)OC(C)(C)C. The predicted octanol–water partition coefficient (Wildman–Crippen LogP) is 1.60. The van der Waals surface area contributed by atoms with Gasteiger partial charge in [-0.2, -0.15) is 0 Å².